The maximum Gasteiger partial charge on any atom is 0.261 e. The van der Waals surface area contributed by atoms with Crippen LogP contribution in [0, 0.1) is 6.92 Å². The number of likely N-dealkylation sites (N-methyl/N-ethyl adjacent to an activating group) is 1. The Bertz CT molecular complexity index is 1720. The Morgan fingerprint density at radius 1 is 0.896 bits per heavy atom. The number of piperazine rings is 1. The number of rotatable bonds is 13. The van der Waals surface area contributed by atoms with Gasteiger partial charge in [0.15, 0.2) is 0 Å². The lowest BCUT2D eigenvalue weighted by Crippen LogP contribution is -2.54. The normalized spacial score (nSPS) is 14.1. The molecule has 0 saturated carbocycles. The van der Waals surface area contributed by atoms with E-state index in [0.717, 1.165) is 49.3 Å². The highest BCUT2D eigenvalue weighted by molar-refractivity contribution is 6.11. The average Bonchev–Trinajstić information content (AvgIpc) is 3.11. The third kappa shape index (κ3) is 8.20. The second kappa shape index (κ2) is 16.1. The highest BCUT2D eigenvalue weighted by Gasteiger charge is 2.24. The zero-order chi connectivity index (χ0) is 34.0. The Hall–Kier alpha value is -5.19. The number of aryl methyl sites for hydroxylation is 1. The molecule has 1 heterocycles. The highest BCUT2D eigenvalue weighted by Crippen LogP contribution is 2.32. The summed E-state index contributed by atoms with van der Waals surface area (Å²) in [6.45, 7) is 5.90. The summed E-state index contributed by atoms with van der Waals surface area (Å²) >= 11 is 0. The fourth-order valence-electron chi connectivity index (χ4n) is 5.87. The number of nitrogens with one attached hydrogen (secondary N) is 2. The van der Waals surface area contributed by atoms with Crippen LogP contribution < -0.4 is 25.0 Å². The van der Waals surface area contributed by atoms with Crippen molar-refractivity contribution in [1.29, 1.82) is 0 Å². The standard InChI is InChI=1S/C38H43N5O5/c1-27-14-16-30(28-10-6-5-7-11-28)32(24-27)37(45)40-29-15-17-31(35(25-29)47-4)38(46)42(3)33-12-8-9-13-34(33)48-23-18-36(39-26-44)43-21-19-41(2)20-22-43/h5-17,24-26,36H,18-23H2,1-4H3,(H,39,44)(H,40,45). The molecule has 5 rings (SSSR count). The van der Waals surface area contributed by atoms with Crippen molar-refractivity contribution in [3.63, 3.8) is 0 Å². The predicted molar refractivity (Wildman–Crippen MR) is 189 cm³/mol. The number of nitrogens with zero attached hydrogens (tertiary/aromatic N) is 3. The topological polar surface area (TPSA) is 103 Å². The Balaban J connectivity index is 1.28. The minimum atomic E-state index is -0.302. The molecule has 250 valence electrons. The summed E-state index contributed by atoms with van der Waals surface area (Å²) < 4.78 is 11.8. The number of carbonyl (C=O) groups excluding carboxylic acids is 3. The van der Waals surface area contributed by atoms with Gasteiger partial charge in [-0.2, -0.15) is 0 Å². The molecule has 1 atom stereocenters. The van der Waals surface area contributed by atoms with Crippen LogP contribution in [-0.4, -0.2) is 88.2 Å². The van der Waals surface area contributed by atoms with Gasteiger partial charge in [0.2, 0.25) is 6.41 Å². The van der Waals surface area contributed by atoms with E-state index in [0.29, 0.717) is 47.0 Å². The van der Waals surface area contributed by atoms with Crippen molar-refractivity contribution in [3.05, 3.63) is 108 Å². The molecule has 10 heteroatoms. The molecule has 0 bridgehead atoms. The van der Waals surface area contributed by atoms with Gasteiger partial charge in [-0.15, -0.1) is 0 Å². The van der Waals surface area contributed by atoms with Gasteiger partial charge in [-0.1, -0.05) is 60.2 Å². The fraction of sp³-hybridized carbons (Fsp3) is 0.289. The third-order valence-electron chi connectivity index (χ3n) is 8.61. The molecule has 0 spiro atoms. The Morgan fingerprint density at radius 3 is 2.35 bits per heavy atom. The zero-order valence-electron chi connectivity index (χ0n) is 27.9. The van der Waals surface area contributed by atoms with Crippen LogP contribution in [0.4, 0.5) is 11.4 Å². The van der Waals surface area contributed by atoms with Crippen LogP contribution in [-0.2, 0) is 4.79 Å². The second-order valence-corrected chi connectivity index (χ2v) is 11.9. The van der Waals surface area contributed by atoms with E-state index in [1.807, 2.05) is 79.7 Å². The van der Waals surface area contributed by atoms with Crippen LogP contribution in [0.5, 0.6) is 11.5 Å². The number of ether oxygens (including phenoxy) is 2. The van der Waals surface area contributed by atoms with E-state index in [2.05, 4.69) is 27.5 Å². The van der Waals surface area contributed by atoms with E-state index in [4.69, 9.17) is 9.47 Å². The van der Waals surface area contributed by atoms with Crippen molar-refractivity contribution in [2.45, 2.75) is 19.5 Å². The van der Waals surface area contributed by atoms with Gasteiger partial charge in [-0.25, -0.2) is 0 Å². The quantitative estimate of drug-likeness (QED) is 0.190. The van der Waals surface area contributed by atoms with Crippen LogP contribution in [0.15, 0.2) is 91.0 Å². The fourth-order valence-corrected chi connectivity index (χ4v) is 5.87. The van der Waals surface area contributed by atoms with Crippen molar-refractivity contribution in [1.82, 2.24) is 15.1 Å². The molecule has 48 heavy (non-hydrogen) atoms. The van der Waals surface area contributed by atoms with Crippen molar-refractivity contribution in [2.24, 2.45) is 0 Å². The van der Waals surface area contributed by atoms with Crippen LogP contribution in [0.3, 0.4) is 0 Å². The lowest BCUT2D eigenvalue weighted by atomic mass is 9.97. The van der Waals surface area contributed by atoms with Gasteiger partial charge < -0.3 is 29.9 Å². The monoisotopic (exact) mass is 649 g/mol. The number of amides is 3. The van der Waals surface area contributed by atoms with Gasteiger partial charge in [0.05, 0.1) is 31.1 Å². The first-order chi connectivity index (χ1) is 23.3. The van der Waals surface area contributed by atoms with Gasteiger partial charge in [0.25, 0.3) is 11.8 Å². The van der Waals surface area contributed by atoms with E-state index in [-0.39, 0.29) is 18.0 Å². The largest absolute Gasteiger partial charge is 0.496 e. The summed E-state index contributed by atoms with van der Waals surface area (Å²) in [5.74, 6) is 0.307. The van der Waals surface area contributed by atoms with Gasteiger partial charge in [0, 0.05) is 57.0 Å². The molecule has 1 saturated heterocycles. The predicted octanol–water partition coefficient (Wildman–Crippen LogP) is 5.29. The van der Waals surface area contributed by atoms with Crippen molar-refractivity contribution in [3.8, 4) is 22.6 Å². The van der Waals surface area contributed by atoms with Crippen LogP contribution in [0.2, 0.25) is 0 Å². The van der Waals surface area contributed by atoms with E-state index in [1.54, 1.807) is 25.2 Å². The average molecular weight is 650 g/mol. The molecular weight excluding hydrogens is 606 g/mol. The number of methoxy groups -OCH3 is 1. The maximum atomic E-state index is 13.8. The van der Waals surface area contributed by atoms with Crippen molar-refractivity contribution < 1.29 is 23.9 Å². The lowest BCUT2D eigenvalue weighted by Gasteiger charge is -2.37. The summed E-state index contributed by atoms with van der Waals surface area (Å²) in [7, 11) is 5.27. The molecular formula is C38H43N5O5. The molecule has 1 unspecified atom stereocenters. The zero-order valence-corrected chi connectivity index (χ0v) is 27.9. The molecule has 3 amide bonds. The third-order valence-corrected chi connectivity index (χ3v) is 8.61. The van der Waals surface area contributed by atoms with E-state index in [9.17, 15) is 14.4 Å². The minimum absolute atomic E-state index is 0.137. The first-order valence-corrected chi connectivity index (χ1v) is 16.1. The van der Waals surface area contributed by atoms with Crippen molar-refractivity contribution in [2.75, 3.05) is 64.2 Å². The Morgan fingerprint density at radius 2 is 1.62 bits per heavy atom. The number of anilines is 2. The van der Waals surface area contributed by atoms with Gasteiger partial charge >= 0.3 is 0 Å². The molecule has 1 aliphatic rings. The van der Waals surface area contributed by atoms with Gasteiger partial charge in [-0.3, -0.25) is 19.3 Å². The molecule has 0 aromatic heterocycles. The minimum Gasteiger partial charge on any atom is -0.496 e. The molecule has 1 fully saturated rings. The van der Waals surface area contributed by atoms with Crippen molar-refractivity contribution >= 4 is 29.6 Å². The molecule has 0 radical (unpaired) electrons. The first-order valence-electron chi connectivity index (χ1n) is 16.1. The maximum absolute atomic E-state index is 13.8. The number of hydrogen-bond donors (Lipinski definition) is 2. The SMILES string of the molecule is COc1cc(NC(=O)c2cc(C)ccc2-c2ccccc2)ccc1C(=O)N(C)c1ccccc1OCCC(NC=O)N1CCN(C)CC1. The Kier molecular flexibility index (Phi) is 11.4. The first kappa shape index (κ1) is 34.2. The van der Waals surface area contributed by atoms with E-state index >= 15 is 0 Å². The van der Waals surface area contributed by atoms with Crippen LogP contribution in [0.1, 0.15) is 32.7 Å². The molecule has 10 nitrogen and oxygen atoms in total. The molecule has 2 N–H and O–H groups in total. The molecule has 4 aromatic carbocycles. The summed E-state index contributed by atoms with van der Waals surface area (Å²) in [5.41, 5.74) is 4.72. The number of para-hydroxylation sites is 2. The molecule has 1 aliphatic heterocycles. The van der Waals surface area contributed by atoms with Crippen LogP contribution >= 0.6 is 0 Å². The number of benzene rings is 4. The van der Waals surface area contributed by atoms with E-state index < -0.39 is 0 Å². The van der Waals surface area contributed by atoms with E-state index in [1.165, 1.54) is 12.0 Å². The van der Waals surface area contributed by atoms with Gasteiger partial charge in [0.1, 0.15) is 11.5 Å². The lowest BCUT2D eigenvalue weighted by molar-refractivity contribution is -0.111. The molecule has 4 aromatic rings. The summed E-state index contributed by atoms with van der Waals surface area (Å²) in [6.07, 6.45) is 1.19. The molecule has 0 aliphatic carbocycles. The summed E-state index contributed by atoms with van der Waals surface area (Å²) in [5, 5.41) is 5.90. The smallest absolute Gasteiger partial charge is 0.261 e. The number of hydrogen-bond acceptors (Lipinski definition) is 7. The number of carbonyl (C=O) groups is 3. The second-order valence-electron chi connectivity index (χ2n) is 11.9. The summed E-state index contributed by atoms with van der Waals surface area (Å²) in [6, 6.07) is 27.9. The van der Waals surface area contributed by atoms with Crippen LogP contribution in [0.25, 0.3) is 11.1 Å². The highest BCUT2D eigenvalue weighted by atomic mass is 16.5. The van der Waals surface area contributed by atoms with Gasteiger partial charge in [-0.05, 0) is 55.4 Å². The Labute approximate surface area is 282 Å². The summed E-state index contributed by atoms with van der Waals surface area (Å²) in [4.78, 5) is 44.7.